The van der Waals surface area contributed by atoms with E-state index in [2.05, 4.69) is 39.4 Å². The van der Waals surface area contributed by atoms with Gasteiger partial charge in [0.25, 0.3) is 5.91 Å². The molecular formula is C19H25N3O2. The standard InChI is InChI=1S/C19H25N3O2/c1-15(2)20-19(23)18-9-8-17(24-18)14-21-10-12-22(13-11-21)16-6-4-3-5-7-16/h3-9,15H,10-14H2,1-2H3,(H,20,23). The zero-order valence-electron chi connectivity index (χ0n) is 14.4. The van der Waals surface area contributed by atoms with Crippen LogP contribution in [0.4, 0.5) is 5.69 Å². The summed E-state index contributed by atoms with van der Waals surface area (Å²) < 4.78 is 5.69. The van der Waals surface area contributed by atoms with Crippen molar-refractivity contribution in [3.05, 3.63) is 54.0 Å². The predicted octanol–water partition coefficient (Wildman–Crippen LogP) is 2.74. The summed E-state index contributed by atoms with van der Waals surface area (Å²) in [7, 11) is 0. The Labute approximate surface area is 143 Å². The van der Waals surface area contributed by atoms with E-state index in [1.807, 2.05) is 26.0 Å². The highest BCUT2D eigenvalue weighted by Crippen LogP contribution is 2.17. The van der Waals surface area contributed by atoms with Crippen LogP contribution >= 0.6 is 0 Å². The van der Waals surface area contributed by atoms with Crippen LogP contribution in [0.5, 0.6) is 0 Å². The molecule has 0 radical (unpaired) electrons. The van der Waals surface area contributed by atoms with Crippen molar-refractivity contribution in [2.75, 3.05) is 31.1 Å². The number of carbonyl (C=O) groups excluding carboxylic acids is 1. The van der Waals surface area contributed by atoms with Crippen molar-refractivity contribution in [1.82, 2.24) is 10.2 Å². The van der Waals surface area contributed by atoms with E-state index in [1.165, 1.54) is 5.69 Å². The monoisotopic (exact) mass is 327 g/mol. The topological polar surface area (TPSA) is 48.7 Å². The molecule has 1 fully saturated rings. The molecule has 1 N–H and O–H groups in total. The molecule has 0 unspecified atom stereocenters. The lowest BCUT2D eigenvalue weighted by molar-refractivity contribution is 0.0911. The summed E-state index contributed by atoms with van der Waals surface area (Å²) in [6.45, 7) is 8.61. The summed E-state index contributed by atoms with van der Waals surface area (Å²) in [5.74, 6) is 1.09. The fraction of sp³-hybridized carbons (Fsp3) is 0.421. The van der Waals surface area contributed by atoms with Gasteiger partial charge in [-0.3, -0.25) is 9.69 Å². The summed E-state index contributed by atoms with van der Waals surface area (Å²) in [6.07, 6.45) is 0. The molecule has 1 aromatic heterocycles. The summed E-state index contributed by atoms with van der Waals surface area (Å²) >= 11 is 0. The van der Waals surface area contributed by atoms with Crippen molar-refractivity contribution in [2.45, 2.75) is 26.4 Å². The zero-order valence-corrected chi connectivity index (χ0v) is 14.4. The van der Waals surface area contributed by atoms with Crippen LogP contribution in [0, 0.1) is 0 Å². The van der Waals surface area contributed by atoms with Gasteiger partial charge in [-0.15, -0.1) is 0 Å². The molecule has 2 aromatic rings. The molecule has 3 rings (SSSR count). The van der Waals surface area contributed by atoms with Gasteiger partial charge in [-0.1, -0.05) is 18.2 Å². The smallest absolute Gasteiger partial charge is 0.287 e. The maximum atomic E-state index is 11.9. The molecule has 0 spiro atoms. The molecule has 5 heteroatoms. The molecule has 1 aliphatic rings. The van der Waals surface area contributed by atoms with E-state index in [4.69, 9.17) is 4.42 Å². The van der Waals surface area contributed by atoms with E-state index in [0.717, 1.165) is 38.5 Å². The van der Waals surface area contributed by atoms with Crippen molar-refractivity contribution in [3.63, 3.8) is 0 Å². The summed E-state index contributed by atoms with van der Waals surface area (Å²) in [4.78, 5) is 16.7. The molecular weight excluding hydrogens is 302 g/mol. The van der Waals surface area contributed by atoms with Gasteiger partial charge in [0.1, 0.15) is 5.76 Å². The number of furan rings is 1. The molecule has 1 saturated heterocycles. The van der Waals surface area contributed by atoms with Crippen LogP contribution in [0.25, 0.3) is 0 Å². The Morgan fingerprint density at radius 3 is 2.46 bits per heavy atom. The van der Waals surface area contributed by atoms with Gasteiger partial charge in [0.2, 0.25) is 0 Å². The minimum atomic E-state index is -0.148. The molecule has 128 valence electrons. The fourth-order valence-electron chi connectivity index (χ4n) is 2.94. The van der Waals surface area contributed by atoms with E-state index in [-0.39, 0.29) is 11.9 Å². The van der Waals surface area contributed by atoms with Gasteiger partial charge in [-0.25, -0.2) is 0 Å². The Bertz CT molecular complexity index is 658. The van der Waals surface area contributed by atoms with Gasteiger partial charge >= 0.3 is 0 Å². The molecule has 1 aliphatic heterocycles. The molecule has 5 nitrogen and oxygen atoms in total. The maximum absolute atomic E-state index is 11.9. The third kappa shape index (κ3) is 4.17. The van der Waals surface area contributed by atoms with Crippen LogP contribution in [0.3, 0.4) is 0 Å². The lowest BCUT2D eigenvalue weighted by Crippen LogP contribution is -2.45. The third-order valence-corrected chi connectivity index (χ3v) is 4.18. The number of carbonyl (C=O) groups is 1. The number of para-hydroxylation sites is 1. The number of nitrogens with one attached hydrogen (secondary N) is 1. The van der Waals surface area contributed by atoms with Gasteiger partial charge < -0.3 is 14.6 Å². The lowest BCUT2D eigenvalue weighted by atomic mass is 10.2. The highest BCUT2D eigenvalue weighted by Gasteiger charge is 2.19. The normalized spacial score (nSPS) is 15.7. The SMILES string of the molecule is CC(C)NC(=O)c1ccc(CN2CCN(c3ccccc3)CC2)o1. The molecule has 2 heterocycles. The molecule has 1 aromatic carbocycles. The van der Waals surface area contributed by atoms with Crippen LogP contribution in [0.2, 0.25) is 0 Å². The second-order valence-corrected chi connectivity index (χ2v) is 6.49. The van der Waals surface area contributed by atoms with E-state index in [9.17, 15) is 4.79 Å². The van der Waals surface area contributed by atoms with E-state index in [0.29, 0.717) is 5.76 Å². The second-order valence-electron chi connectivity index (χ2n) is 6.49. The zero-order chi connectivity index (χ0) is 16.9. The average molecular weight is 327 g/mol. The Hall–Kier alpha value is -2.27. The van der Waals surface area contributed by atoms with Crippen molar-refractivity contribution >= 4 is 11.6 Å². The second kappa shape index (κ2) is 7.53. The van der Waals surface area contributed by atoms with Gasteiger partial charge in [0, 0.05) is 37.9 Å². The summed E-state index contributed by atoms with van der Waals surface area (Å²) in [6, 6.07) is 14.3. The molecule has 24 heavy (non-hydrogen) atoms. The predicted molar refractivity (Wildman–Crippen MR) is 95.2 cm³/mol. The first-order chi connectivity index (χ1) is 11.6. The molecule has 0 atom stereocenters. The maximum Gasteiger partial charge on any atom is 0.287 e. The Kier molecular flexibility index (Phi) is 5.20. The molecule has 0 saturated carbocycles. The first kappa shape index (κ1) is 16.6. The number of anilines is 1. The number of hydrogen-bond acceptors (Lipinski definition) is 4. The number of nitrogens with zero attached hydrogens (tertiary/aromatic N) is 2. The van der Waals surface area contributed by atoms with Crippen molar-refractivity contribution < 1.29 is 9.21 Å². The highest BCUT2D eigenvalue weighted by atomic mass is 16.4. The van der Waals surface area contributed by atoms with Crippen LogP contribution in [0.1, 0.15) is 30.2 Å². The van der Waals surface area contributed by atoms with Crippen molar-refractivity contribution in [3.8, 4) is 0 Å². The van der Waals surface area contributed by atoms with Gasteiger partial charge in [0.15, 0.2) is 5.76 Å². The summed E-state index contributed by atoms with van der Waals surface area (Å²) in [5.41, 5.74) is 1.28. The first-order valence-corrected chi connectivity index (χ1v) is 8.54. The van der Waals surface area contributed by atoms with E-state index in [1.54, 1.807) is 6.07 Å². The van der Waals surface area contributed by atoms with Crippen LogP contribution in [0.15, 0.2) is 46.9 Å². The van der Waals surface area contributed by atoms with Gasteiger partial charge in [0.05, 0.1) is 6.54 Å². The Morgan fingerprint density at radius 2 is 1.79 bits per heavy atom. The first-order valence-electron chi connectivity index (χ1n) is 8.54. The highest BCUT2D eigenvalue weighted by molar-refractivity contribution is 5.91. The minimum absolute atomic E-state index is 0.108. The van der Waals surface area contributed by atoms with Crippen LogP contribution in [-0.4, -0.2) is 43.0 Å². The van der Waals surface area contributed by atoms with Crippen LogP contribution < -0.4 is 10.2 Å². The number of benzene rings is 1. The minimum Gasteiger partial charge on any atom is -0.455 e. The molecule has 0 aliphatic carbocycles. The average Bonchev–Trinajstić information content (AvgIpc) is 3.04. The number of hydrogen-bond donors (Lipinski definition) is 1. The summed E-state index contributed by atoms with van der Waals surface area (Å²) in [5, 5.41) is 2.85. The lowest BCUT2D eigenvalue weighted by Gasteiger charge is -2.35. The van der Waals surface area contributed by atoms with Gasteiger partial charge in [-0.05, 0) is 38.1 Å². The fourth-order valence-corrected chi connectivity index (χ4v) is 2.94. The quantitative estimate of drug-likeness (QED) is 0.917. The Morgan fingerprint density at radius 1 is 1.08 bits per heavy atom. The molecule has 1 amide bonds. The number of piperazine rings is 1. The van der Waals surface area contributed by atoms with Crippen molar-refractivity contribution in [1.29, 1.82) is 0 Å². The van der Waals surface area contributed by atoms with E-state index < -0.39 is 0 Å². The molecule has 0 bridgehead atoms. The number of rotatable bonds is 5. The third-order valence-electron chi connectivity index (χ3n) is 4.18. The number of amides is 1. The van der Waals surface area contributed by atoms with Crippen molar-refractivity contribution in [2.24, 2.45) is 0 Å². The van der Waals surface area contributed by atoms with E-state index >= 15 is 0 Å². The van der Waals surface area contributed by atoms with Gasteiger partial charge in [-0.2, -0.15) is 0 Å². The largest absolute Gasteiger partial charge is 0.455 e. The Balaban J connectivity index is 1.51. The van der Waals surface area contributed by atoms with Crippen LogP contribution in [-0.2, 0) is 6.54 Å².